The lowest BCUT2D eigenvalue weighted by molar-refractivity contribution is 0.0363. The van der Waals surface area contributed by atoms with Gasteiger partial charge in [0.2, 0.25) is 0 Å². The molecule has 0 saturated heterocycles. The maximum Gasteiger partial charge on any atom is 0.394 e. The molecule has 1 aromatic carbocycles. The topological polar surface area (TPSA) is 139 Å². The van der Waals surface area contributed by atoms with Crippen molar-refractivity contribution in [2.24, 2.45) is 0 Å². The summed E-state index contributed by atoms with van der Waals surface area (Å²) in [4.78, 5) is 2.11. The Hall–Kier alpha value is -1.39. The van der Waals surface area contributed by atoms with Gasteiger partial charge in [0.05, 0.1) is 6.10 Å². The van der Waals surface area contributed by atoms with Gasteiger partial charge in [0, 0.05) is 30.3 Å². The summed E-state index contributed by atoms with van der Waals surface area (Å²) in [5, 5.41) is 29.3. The molecule has 126 valence electrons. The number of hydrogen-bond donors (Lipinski definition) is 5. The molecule has 0 radical (unpaired) electrons. The van der Waals surface area contributed by atoms with E-state index < -0.39 is 16.5 Å². The van der Waals surface area contributed by atoms with E-state index in [-0.39, 0.29) is 17.0 Å². The van der Waals surface area contributed by atoms with Crippen LogP contribution < -0.4 is 0 Å². The summed E-state index contributed by atoms with van der Waals surface area (Å²) in [5.74, 6) is 0.0394. The summed E-state index contributed by atoms with van der Waals surface area (Å²) >= 11 is 0. The Labute approximate surface area is 129 Å². The monoisotopic (exact) mass is 335 g/mol. The molecule has 5 N–H and O–H groups in total. The van der Waals surface area contributed by atoms with Gasteiger partial charge in [-0.1, -0.05) is 0 Å². The Balaban J connectivity index is 0.000000422. The fraction of sp³-hybridized carbons (Fsp3) is 0.538. The molecule has 1 aliphatic heterocycles. The van der Waals surface area contributed by atoms with Crippen LogP contribution in [0.5, 0.6) is 11.5 Å². The molecule has 0 aromatic heterocycles. The molecule has 2 rings (SSSR count). The van der Waals surface area contributed by atoms with E-state index in [1.165, 1.54) is 12.1 Å². The van der Waals surface area contributed by atoms with Crippen molar-refractivity contribution < 1.29 is 32.8 Å². The van der Waals surface area contributed by atoms with Crippen molar-refractivity contribution in [2.75, 3.05) is 6.54 Å². The first kappa shape index (κ1) is 18.7. The molecule has 0 amide bonds. The van der Waals surface area contributed by atoms with Crippen LogP contribution in [0.25, 0.3) is 0 Å². The lowest BCUT2D eigenvalue weighted by atomic mass is 9.92. The van der Waals surface area contributed by atoms with Gasteiger partial charge in [-0.25, -0.2) is 0 Å². The van der Waals surface area contributed by atoms with E-state index in [9.17, 15) is 15.3 Å². The van der Waals surface area contributed by atoms with E-state index in [0.717, 1.165) is 0 Å². The summed E-state index contributed by atoms with van der Waals surface area (Å²) in [7, 11) is -4.67. The molecule has 0 spiro atoms. The molecule has 0 bridgehead atoms. The van der Waals surface area contributed by atoms with Crippen LogP contribution >= 0.6 is 0 Å². The summed E-state index contributed by atoms with van der Waals surface area (Å²) in [6, 6.07) is 2.84. The van der Waals surface area contributed by atoms with Crippen LogP contribution in [0, 0.1) is 0 Å². The lowest BCUT2D eigenvalue weighted by Gasteiger charge is -2.41. The molecule has 0 saturated carbocycles. The van der Waals surface area contributed by atoms with Gasteiger partial charge < -0.3 is 15.3 Å². The summed E-state index contributed by atoms with van der Waals surface area (Å²) < 4.78 is 31.6. The second-order valence-corrected chi connectivity index (χ2v) is 6.94. The van der Waals surface area contributed by atoms with Gasteiger partial charge in [-0.3, -0.25) is 14.0 Å². The zero-order chi connectivity index (χ0) is 17.3. The smallest absolute Gasteiger partial charge is 0.394 e. The first-order valence-corrected chi connectivity index (χ1v) is 7.86. The molecule has 1 aromatic rings. The summed E-state index contributed by atoms with van der Waals surface area (Å²) in [6.45, 7) is 7.31. The van der Waals surface area contributed by atoms with Crippen LogP contribution in [-0.4, -0.2) is 49.8 Å². The number of β-amino-alcohol motifs (C(OH)–C–C–N with tert-alkyl or cyclic N) is 1. The summed E-state index contributed by atoms with van der Waals surface area (Å²) in [5.41, 5.74) is 1.27. The molecule has 1 atom stereocenters. The van der Waals surface area contributed by atoms with Gasteiger partial charge in [0.15, 0.2) is 0 Å². The molecule has 1 unspecified atom stereocenters. The third-order valence-electron chi connectivity index (χ3n) is 3.30. The zero-order valence-electron chi connectivity index (χ0n) is 12.6. The highest BCUT2D eigenvalue weighted by molar-refractivity contribution is 7.79. The summed E-state index contributed by atoms with van der Waals surface area (Å²) in [6.07, 6.45) is -0.670. The minimum absolute atomic E-state index is 0.00971. The zero-order valence-corrected chi connectivity index (χ0v) is 13.4. The Morgan fingerprint density at radius 3 is 2.14 bits per heavy atom. The standard InChI is InChI=1S/C13H19NO3.H2O4S/c1-13(2,3)14-6-10-9(12(17)7-14)4-8(15)5-11(10)16;1-5(2,3)4/h4-5,12,15-17H,6-7H2,1-3H3;(H2,1,2,3,4). The number of aliphatic hydroxyl groups excluding tert-OH is 1. The molecule has 1 aliphatic rings. The molecule has 0 fully saturated rings. The van der Waals surface area contributed by atoms with Crippen LogP contribution in [-0.2, 0) is 16.9 Å². The maximum absolute atomic E-state index is 10.1. The second-order valence-electron chi connectivity index (χ2n) is 6.05. The molecule has 22 heavy (non-hydrogen) atoms. The van der Waals surface area contributed by atoms with E-state index >= 15 is 0 Å². The minimum Gasteiger partial charge on any atom is -0.508 e. The fourth-order valence-electron chi connectivity index (χ4n) is 2.21. The van der Waals surface area contributed by atoms with Gasteiger partial charge in [0.25, 0.3) is 0 Å². The molecular formula is C13H21NO7S. The van der Waals surface area contributed by atoms with E-state index in [2.05, 4.69) is 25.7 Å². The number of hydrogen-bond acceptors (Lipinski definition) is 6. The van der Waals surface area contributed by atoms with Crippen LogP contribution in [0.2, 0.25) is 0 Å². The molecule has 8 nitrogen and oxygen atoms in total. The SMILES string of the molecule is CC(C)(C)N1Cc2c(O)cc(O)cc2C(O)C1.O=S(=O)(O)O. The van der Waals surface area contributed by atoms with Crippen molar-refractivity contribution in [1.82, 2.24) is 4.90 Å². The number of nitrogens with zero attached hydrogens (tertiary/aromatic N) is 1. The average Bonchev–Trinajstić information content (AvgIpc) is 2.26. The van der Waals surface area contributed by atoms with Crippen LogP contribution in [0.4, 0.5) is 0 Å². The first-order valence-electron chi connectivity index (χ1n) is 6.47. The molecule has 0 aliphatic carbocycles. The van der Waals surface area contributed by atoms with E-state index in [1.54, 1.807) is 0 Å². The number of rotatable bonds is 0. The quantitative estimate of drug-likeness (QED) is 0.444. The van der Waals surface area contributed by atoms with Crippen LogP contribution in [0.15, 0.2) is 12.1 Å². The minimum atomic E-state index is -4.67. The third-order valence-corrected chi connectivity index (χ3v) is 3.30. The largest absolute Gasteiger partial charge is 0.508 e. The molecule has 1 heterocycles. The van der Waals surface area contributed by atoms with Crippen molar-refractivity contribution in [3.05, 3.63) is 23.3 Å². The van der Waals surface area contributed by atoms with Crippen molar-refractivity contribution in [3.8, 4) is 11.5 Å². The first-order chi connectivity index (χ1) is 9.79. The van der Waals surface area contributed by atoms with Gasteiger partial charge >= 0.3 is 10.4 Å². The Bertz CT molecular complexity index is 629. The van der Waals surface area contributed by atoms with Crippen LogP contribution in [0.1, 0.15) is 38.0 Å². The van der Waals surface area contributed by atoms with Crippen molar-refractivity contribution in [3.63, 3.8) is 0 Å². The highest BCUT2D eigenvalue weighted by atomic mass is 32.3. The predicted molar refractivity (Wildman–Crippen MR) is 79.1 cm³/mol. The lowest BCUT2D eigenvalue weighted by Crippen LogP contribution is -2.45. The number of aliphatic hydroxyl groups is 1. The average molecular weight is 335 g/mol. The molecular weight excluding hydrogens is 314 g/mol. The number of phenols is 2. The fourth-order valence-corrected chi connectivity index (χ4v) is 2.21. The van der Waals surface area contributed by atoms with Crippen molar-refractivity contribution in [1.29, 1.82) is 0 Å². The normalized spacial score (nSPS) is 19.1. The van der Waals surface area contributed by atoms with E-state index in [0.29, 0.717) is 24.2 Å². The van der Waals surface area contributed by atoms with Gasteiger partial charge in [0.1, 0.15) is 11.5 Å². The van der Waals surface area contributed by atoms with Gasteiger partial charge in [-0.15, -0.1) is 0 Å². The maximum atomic E-state index is 10.1. The van der Waals surface area contributed by atoms with E-state index in [1.807, 2.05) is 0 Å². The highest BCUT2D eigenvalue weighted by Gasteiger charge is 2.32. The van der Waals surface area contributed by atoms with Crippen molar-refractivity contribution >= 4 is 10.4 Å². The number of phenolic OH excluding ortho intramolecular Hbond substituents is 2. The van der Waals surface area contributed by atoms with Crippen LogP contribution in [0.3, 0.4) is 0 Å². The van der Waals surface area contributed by atoms with E-state index in [4.69, 9.17) is 17.5 Å². The van der Waals surface area contributed by atoms with Gasteiger partial charge in [-0.05, 0) is 32.4 Å². The third kappa shape index (κ3) is 5.43. The highest BCUT2D eigenvalue weighted by Crippen LogP contribution is 2.37. The Kier molecular flexibility index (Phi) is 5.42. The second kappa shape index (κ2) is 6.39. The predicted octanol–water partition coefficient (Wildman–Crippen LogP) is 1.09. The van der Waals surface area contributed by atoms with Crippen molar-refractivity contribution in [2.45, 2.75) is 39.0 Å². The Morgan fingerprint density at radius 2 is 1.68 bits per heavy atom. The Morgan fingerprint density at radius 1 is 1.18 bits per heavy atom. The number of fused-ring (bicyclic) bond motifs is 1. The number of benzene rings is 1. The molecule has 9 heteroatoms. The number of aromatic hydroxyl groups is 2. The van der Waals surface area contributed by atoms with Gasteiger partial charge in [-0.2, -0.15) is 8.42 Å².